The summed E-state index contributed by atoms with van der Waals surface area (Å²) >= 11 is 0. The molecule has 0 fully saturated rings. The molecule has 1 heteroatoms. The summed E-state index contributed by atoms with van der Waals surface area (Å²) in [5.74, 6) is 0. The zero-order valence-electron chi connectivity index (χ0n) is 3.32. The van der Waals surface area contributed by atoms with Gasteiger partial charge in [-0.15, -0.1) is 0 Å². The molecule has 0 atom stereocenters. The van der Waals surface area contributed by atoms with Gasteiger partial charge in [0, 0.05) is 0 Å². The maximum Gasteiger partial charge on any atom is 2.00 e. The van der Waals surface area contributed by atoms with Crippen molar-refractivity contribution in [3.63, 3.8) is 0 Å². The van der Waals surface area contributed by atoms with Crippen LogP contribution in [0.4, 0.5) is 0 Å². The van der Waals surface area contributed by atoms with E-state index < -0.39 is 0 Å². The molecule has 0 aromatic rings. The van der Waals surface area contributed by atoms with Crippen LogP contribution < -0.4 is 0 Å². The Morgan fingerprint density at radius 2 is 2.00 bits per heavy atom. The molecule has 0 aromatic heterocycles. The molecule has 0 aliphatic heterocycles. The fraction of sp³-hybridized carbons (Fsp3) is 0. The second kappa shape index (κ2) is 8.85. The summed E-state index contributed by atoms with van der Waals surface area (Å²) in [7, 11) is 0. The molecule has 0 heterocycles. The van der Waals surface area contributed by atoms with Crippen LogP contribution in [0.15, 0.2) is 18.2 Å². The largest absolute Gasteiger partial charge is 2.00 e. The predicted molar refractivity (Wildman–Crippen MR) is 23.4 cm³/mol. The average molecular weight is 130 g/mol. The first-order valence-corrected chi connectivity index (χ1v) is 1.41. The molecule has 0 aliphatic carbocycles. The van der Waals surface area contributed by atoms with Gasteiger partial charge in [-0.25, -0.2) is 25.2 Å². The molecule has 0 rings (SSSR count). The van der Waals surface area contributed by atoms with E-state index in [0.717, 1.165) is 0 Å². The van der Waals surface area contributed by atoms with E-state index in [4.69, 9.17) is 6.58 Å². The van der Waals surface area contributed by atoms with Crippen molar-refractivity contribution >= 4 is 0 Å². The van der Waals surface area contributed by atoms with Gasteiger partial charge in [-0.2, -0.15) is 0 Å². The third kappa shape index (κ3) is 9.12. The van der Waals surface area contributed by atoms with Crippen molar-refractivity contribution in [2.75, 3.05) is 0 Å². The van der Waals surface area contributed by atoms with Gasteiger partial charge in [0.05, 0.1) is 0 Å². The quantitative estimate of drug-likeness (QED) is 0.285. The van der Waals surface area contributed by atoms with Crippen molar-refractivity contribution in [1.82, 2.24) is 0 Å². The van der Waals surface area contributed by atoms with E-state index >= 15 is 0 Å². The van der Waals surface area contributed by atoms with Crippen LogP contribution in [0.3, 0.4) is 0 Å². The van der Waals surface area contributed by atoms with Gasteiger partial charge in [0.25, 0.3) is 0 Å². The van der Waals surface area contributed by atoms with Crippen LogP contribution in [-0.2, 0) is 17.1 Å². The van der Waals surface area contributed by atoms with Gasteiger partial charge in [0.2, 0.25) is 0 Å². The molecule has 0 saturated heterocycles. The Morgan fingerprint density at radius 1 is 1.50 bits per heavy atom. The monoisotopic (exact) mass is 129 g/mol. The molecule has 0 aliphatic rings. The Kier molecular flexibility index (Phi) is 13.7. The fourth-order valence-corrected chi connectivity index (χ4v) is 0.0786. The van der Waals surface area contributed by atoms with Crippen molar-refractivity contribution in [2.24, 2.45) is 0 Å². The van der Waals surface area contributed by atoms with Gasteiger partial charge in [-0.05, 0) is 0 Å². The molecular formula is C5H6Cu. The van der Waals surface area contributed by atoms with E-state index in [-0.39, 0.29) is 17.1 Å². The first-order valence-electron chi connectivity index (χ1n) is 1.41. The minimum Gasteiger partial charge on any atom is -0.293 e. The van der Waals surface area contributed by atoms with Crippen molar-refractivity contribution in [2.45, 2.75) is 0 Å². The summed E-state index contributed by atoms with van der Waals surface area (Å²) in [5, 5.41) is 0. The zero-order chi connectivity index (χ0) is 4.12. The summed E-state index contributed by atoms with van der Waals surface area (Å²) in [6.45, 7) is 8.27. The molecule has 0 aromatic carbocycles. The Bertz CT molecular complexity index is 45.9. The number of allylic oxidation sites excluding steroid dienone is 3. The Hall–Kier alpha value is -0.131. The van der Waals surface area contributed by atoms with Gasteiger partial charge >= 0.3 is 17.1 Å². The maximum atomic E-state index is 4.89. The van der Waals surface area contributed by atoms with Crippen LogP contribution in [0.2, 0.25) is 0 Å². The van der Waals surface area contributed by atoms with Crippen LogP contribution in [0.25, 0.3) is 0 Å². The molecule has 0 saturated carbocycles. The normalized spacial score (nSPS) is 7.33. The third-order valence-corrected chi connectivity index (χ3v) is 0.247. The summed E-state index contributed by atoms with van der Waals surface area (Å²) in [6.07, 6.45) is 4.73. The zero-order valence-corrected chi connectivity index (χ0v) is 4.26. The summed E-state index contributed by atoms with van der Waals surface area (Å²) in [6, 6.07) is 0. The van der Waals surface area contributed by atoms with Crippen LogP contribution >= 0.6 is 0 Å². The Morgan fingerprint density at radius 3 is 2.00 bits per heavy atom. The Balaban J connectivity index is 0. The van der Waals surface area contributed by atoms with Crippen LogP contribution in [0, 0.1) is 13.5 Å². The van der Waals surface area contributed by atoms with Gasteiger partial charge in [0.1, 0.15) is 0 Å². The van der Waals surface area contributed by atoms with Gasteiger partial charge < -0.3 is 0 Å². The molecule has 0 amide bonds. The molecule has 6 heavy (non-hydrogen) atoms. The van der Waals surface area contributed by atoms with Crippen LogP contribution in [0.1, 0.15) is 0 Å². The predicted octanol–water partition coefficient (Wildman–Crippen LogP) is 1.36. The molecule has 37 valence electrons. The average Bonchev–Trinajstić information content (AvgIpc) is 1.41. The molecule has 0 nitrogen and oxygen atoms in total. The fourth-order valence-electron chi connectivity index (χ4n) is 0.0786. The standard InChI is InChI=1S/C5H6.Cu/c1-3-5-4-2;/h1,3-5H,2H2;/q-2;+2/b5-4-;. The van der Waals surface area contributed by atoms with Crippen molar-refractivity contribution in [1.29, 1.82) is 0 Å². The topological polar surface area (TPSA) is 0 Å². The van der Waals surface area contributed by atoms with E-state index in [1.54, 1.807) is 12.2 Å². The second-order valence-corrected chi connectivity index (χ2v) is 0.621. The number of hydrogen-bond acceptors (Lipinski definition) is 0. The molecule has 0 unspecified atom stereocenters. The third-order valence-electron chi connectivity index (χ3n) is 0.247. The maximum absolute atomic E-state index is 4.89. The van der Waals surface area contributed by atoms with Crippen molar-refractivity contribution in [3.8, 4) is 0 Å². The summed E-state index contributed by atoms with van der Waals surface area (Å²) in [5.41, 5.74) is 0. The summed E-state index contributed by atoms with van der Waals surface area (Å²) in [4.78, 5) is 0. The van der Waals surface area contributed by atoms with Crippen LogP contribution in [-0.4, -0.2) is 0 Å². The SMILES string of the molecule is [CH-]=C/C=C\[CH2-].[Cu+2]. The van der Waals surface area contributed by atoms with E-state index in [0.29, 0.717) is 0 Å². The first-order chi connectivity index (χ1) is 2.41. The van der Waals surface area contributed by atoms with Crippen molar-refractivity contribution < 1.29 is 17.1 Å². The first kappa shape index (κ1) is 9.30. The minimum absolute atomic E-state index is 0. The summed E-state index contributed by atoms with van der Waals surface area (Å²) < 4.78 is 0. The van der Waals surface area contributed by atoms with Crippen LogP contribution in [0.5, 0.6) is 0 Å². The molecule has 0 spiro atoms. The minimum atomic E-state index is 0. The van der Waals surface area contributed by atoms with Gasteiger partial charge in [-0.1, -0.05) is 0 Å². The van der Waals surface area contributed by atoms with E-state index in [9.17, 15) is 0 Å². The molecule has 1 radical (unpaired) electrons. The number of rotatable bonds is 1. The van der Waals surface area contributed by atoms with Gasteiger partial charge in [-0.3, -0.25) is 6.58 Å². The smallest absolute Gasteiger partial charge is 0.293 e. The second-order valence-electron chi connectivity index (χ2n) is 0.621. The molecule has 0 bridgehead atoms. The van der Waals surface area contributed by atoms with E-state index in [2.05, 4.69) is 6.92 Å². The van der Waals surface area contributed by atoms with Gasteiger partial charge in [0.15, 0.2) is 0 Å². The van der Waals surface area contributed by atoms with E-state index in [1.165, 1.54) is 6.08 Å². The number of hydrogen-bond donors (Lipinski definition) is 0. The van der Waals surface area contributed by atoms with Crippen molar-refractivity contribution in [3.05, 3.63) is 31.7 Å². The van der Waals surface area contributed by atoms with E-state index in [1.807, 2.05) is 0 Å². The Labute approximate surface area is 49.4 Å². The molecular weight excluding hydrogens is 124 g/mol. The molecule has 0 N–H and O–H groups in total.